The molecule has 0 aromatic heterocycles. The predicted molar refractivity (Wildman–Crippen MR) is 83.5 cm³/mol. The quantitative estimate of drug-likeness (QED) is 0.878. The van der Waals surface area contributed by atoms with E-state index in [4.69, 9.17) is 0 Å². The van der Waals surface area contributed by atoms with E-state index in [9.17, 15) is 8.42 Å². The summed E-state index contributed by atoms with van der Waals surface area (Å²) in [5.41, 5.74) is 0.994. The van der Waals surface area contributed by atoms with Gasteiger partial charge >= 0.3 is 0 Å². The minimum atomic E-state index is -3.41. The summed E-state index contributed by atoms with van der Waals surface area (Å²) in [6, 6.07) is 7.51. The van der Waals surface area contributed by atoms with E-state index in [2.05, 4.69) is 10.0 Å². The Morgan fingerprint density at radius 2 is 2.05 bits per heavy atom. The zero-order valence-corrected chi connectivity index (χ0v) is 13.5. The highest BCUT2D eigenvalue weighted by molar-refractivity contribution is 7.89. The molecular formula is C16H24N2O2S. The molecule has 0 saturated heterocycles. The van der Waals surface area contributed by atoms with Crippen LogP contribution in [0.25, 0.3) is 0 Å². The molecule has 2 aliphatic carbocycles. The number of hydrogen-bond acceptors (Lipinski definition) is 3. The van der Waals surface area contributed by atoms with Crippen LogP contribution in [0, 0.1) is 11.8 Å². The van der Waals surface area contributed by atoms with Gasteiger partial charge in [-0.1, -0.05) is 18.6 Å². The first kappa shape index (κ1) is 15.0. The van der Waals surface area contributed by atoms with Gasteiger partial charge in [-0.15, -0.1) is 0 Å². The van der Waals surface area contributed by atoms with Crippen LogP contribution in [0.5, 0.6) is 0 Å². The second-order valence-electron chi connectivity index (χ2n) is 6.49. The summed E-state index contributed by atoms with van der Waals surface area (Å²) in [5, 5.41) is 3.14. The fraction of sp³-hybridized carbons (Fsp3) is 0.625. The molecule has 2 bridgehead atoms. The van der Waals surface area contributed by atoms with Crippen molar-refractivity contribution in [2.45, 2.75) is 49.6 Å². The van der Waals surface area contributed by atoms with Gasteiger partial charge in [-0.25, -0.2) is 13.1 Å². The minimum absolute atomic E-state index is 0.138. The molecule has 0 radical (unpaired) electrons. The molecule has 0 heterocycles. The van der Waals surface area contributed by atoms with Gasteiger partial charge in [-0.05, 0) is 62.8 Å². The molecule has 1 aromatic rings. The second kappa shape index (κ2) is 5.71. The molecule has 2 aliphatic rings. The van der Waals surface area contributed by atoms with E-state index < -0.39 is 10.0 Å². The Kier molecular flexibility index (Phi) is 4.08. The lowest BCUT2D eigenvalue weighted by Crippen LogP contribution is -2.38. The molecule has 2 N–H and O–H groups in total. The minimum Gasteiger partial charge on any atom is -0.313 e. The first-order valence-electron chi connectivity index (χ1n) is 7.79. The van der Waals surface area contributed by atoms with Gasteiger partial charge in [0.1, 0.15) is 0 Å². The van der Waals surface area contributed by atoms with Crippen molar-refractivity contribution in [1.82, 2.24) is 10.0 Å². The lowest BCUT2D eigenvalue weighted by Gasteiger charge is -2.23. The molecule has 4 nitrogen and oxygen atoms in total. The molecule has 0 spiro atoms. The normalized spacial score (nSPS) is 29.7. The van der Waals surface area contributed by atoms with Gasteiger partial charge in [0.05, 0.1) is 4.90 Å². The molecule has 0 aliphatic heterocycles. The zero-order valence-electron chi connectivity index (χ0n) is 12.7. The smallest absolute Gasteiger partial charge is 0.240 e. The number of benzene rings is 1. The van der Waals surface area contributed by atoms with E-state index >= 15 is 0 Å². The third-order valence-corrected chi connectivity index (χ3v) is 6.63. The standard InChI is InChI=1S/C16H24N2O2S/c1-11(17-2)13-4-3-5-15(10-13)21(19,20)18-16-9-12-6-7-14(16)8-12/h3-5,10-12,14,16-18H,6-9H2,1-2H3. The molecule has 2 fully saturated rings. The van der Waals surface area contributed by atoms with Gasteiger partial charge in [0.15, 0.2) is 0 Å². The van der Waals surface area contributed by atoms with Gasteiger partial charge in [0.2, 0.25) is 10.0 Å². The average Bonchev–Trinajstić information content (AvgIpc) is 3.08. The van der Waals surface area contributed by atoms with Gasteiger partial charge < -0.3 is 5.32 Å². The Labute approximate surface area is 127 Å². The largest absolute Gasteiger partial charge is 0.313 e. The Bertz CT molecular complexity index is 614. The molecule has 21 heavy (non-hydrogen) atoms. The molecule has 116 valence electrons. The van der Waals surface area contributed by atoms with Crippen molar-refractivity contribution in [2.24, 2.45) is 11.8 Å². The first-order chi connectivity index (χ1) is 9.99. The molecule has 5 heteroatoms. The summed E-state index contributed by atoms with van der Waals surface area (Å²) in [4.78, 5) is 0.380. The maximum Gasteiger partial charge on any atom is 0.240 e. The Morgan fingerprint density at radius 1 is 1.24 bits per heavy atom. The first-order valence-corrected chi connectivity index (χ1v) is 9.27. The SMILES string of the molecule is CNC(C)c1cccc(S(=O)(=O)NC2CC3CCC2C3)c1. The summed E-state index contributed by atoms with van der Waals surface area (Å²) >= 11 is 0. The number of fused-ring (bicyclic) bond motifs is 2. The molecule has 2 saturated carbocycles. The van der Waals surface area contributed by atoms with Crippen molar-refractivity contribution in [2.75, 3.05) is 7.05 Å². The summed E-state index contributed by atoms with van der Waals surface area (Å²) in [7, 11) is -1.53. The van der Waals surface area contributed by atoms with E-state index in [0.717, 1.165) is 17.9 Å². The van der Waals surface area contributed by atoms with E-state index in [1.54, 1.807) is 12.1 Å². The molecule has 0 amide bonds. The van der Waals surface area contributed by atoms with Crippen molar-refractivity contribution in [1.29, 1.82) is 0 Å². The van der Waals surface area contributed by atoms with Crippen LogP contribution >= 0.6 is 0 Å². The van der Waals surface area contributed by atoms with Gasteiger partial charge in [-0.3, -0.25) is 0 Å². The number of rotatable bonds is 5. The Hall–Kier alpha value is -0.910. The van der Waals surface area contributed by atoms with Crippen molar-refractivity contribution in [3.05, 3.63) is 29.8 Å². The summed E-state index contributed by atoms with van der Waals surface area (Å²) in [5.74, 6) is 1.28. The monoisotopic (exact) mass is 308 g/mol. The third kappa shape index (κ3) is 3.00. The van der Waals surface area contributed by atoms with Crippen molar-refractivity contribution in [3.63, 3.8) is 0 Å². The van der Waals surface area contributed by atoms with Gasteiger partial charge in [0.25, 0.3) is 0 Å². The van der Waals surface area contributed by atoms with E-state index in [-0.39, 0.29) is 12.1 Å². The Balaban J connectivity index is 1.78. The van der Waals surface area contributed by atoms with Crippen LogP contribution in [-0.2, 0) is 10.0 Å². The number of sulfonamides is 1. The molecule has 4 atom stereocenters. The summed E-state index contributed by atoms with van der Waals surface area (Å²) in [6.45, 7) is 2.02. The van der Waals surface area contributed by atoms with Crippen LogP contribution in [0.4, 0.5) is 0 Å². The van der Waals surface area contributed by atoms with Crippen molar-refractivity contribution >= 4 is 10.0 Å². The van der Waals surface area contributed by atoms with Crippen LogP contribution in [0.2, 0.25) is 0 Å². The molecular weight excluding hydrogens is 284 g/mol. The van der Waals surface area contributed by atoms with Gasteiger partial charge in [-0.2, -0.15) is 0 Å². The summed E-state index contributed by atoms with van der Waals surface area (Å²) < 4.78 is 28.1. The maximum absolute atomic E-state index is 12.6. The van der Waals surface area contributed by atoms with Crippen LogP contribution in [-0.4, -0.2) is 21.5 Å². The Morgan fingerprint density at radius 3 is 2.67 bits per heavy atom. The van der Waals surface area contributed by atoms with Crippen LogP contribution in [0.3, 0.4) is 0 Å². The van der Waals surface area contributed by atoms with Crippen molar-refractivity contribution in [3.8, 4) is 0 Å². The van der Waals surface area contributed by atoms with E-state index in [1.165, 1.54) is 19.3 Å². The fourth-order valence-corrected chi connectivity index (χ4v) is 5.15. The van der Waals surface area contributed by atoms with E-state index in [0.29, 0.717) is 10.8 Å². The highest BCUT2D eigenvalue weighted by Crippen LogP contribution is 2.44. The average molecular weight is 308 g/mol. The molecule has 1 aromatic carbocycles. The molecule has 4 unspecified atom stereocenters. The zero-order chi connectivity index (χ0) is 15.0. The maximum atomic E-state index is 12.6. The highest BCUT2D eigenvalue weighted by Gasteiger charge is 2.41. The van der Waals surface area contributed by atoms with Crippen LogP contribution in [0.15, 0.2) is 29.2 Å². The van der Waals surface area contributed by atoms with Gasteiger partial charge in [0, 0.05) is 12.1 Å². The number of hydrogen-bond donors (Lipinski definition) is 2. The van der Waals surface area contributed by atoms with Crippen LogP contribution in [0.1, 0.15) is 44.2 Å². The molecule has 3 rings (SSSR count). The lowest BCUT2D eigenvalue weighted by atomic mass is 9.96. The third-order valence-electron chi connectivity index (χ3n) is 5.15. The van der Waals surface area contributed by atoms with Crippen LogP contribution < -0.4 is 10.0 Å². The topological polar surface area (TPSA) is 58.2 Å². The second-order valence-corrected chi connectivity index (χ2v) is 8.20. The predicted octanol–water partition coefficient (Wildman–Crippen LogP) is 2.43. The highest BCUT2D eigenvalue weighted by atomic mass is 32.2. The summed E-state index contributed by atoms with van der Waals surface area (Å²) in [6.07, 6.45) is 4.66. The number of nitrogens with one attached hydrogen (secondary N) is 2. The van der Waals surface area contributed by atoms with E-state index in [1.807, 2.05) is 26.1 Å². The lowest BCUT2D eigenvalue weighted by molar-refractivity contribution is 0.390. The fourth-order valence-electron chi connectivity index (χ4n) is 3.77. The van der Waals surface area contributed by atoms with Crippen molar-refractivity contribution < 1.29 is 8.42 Å².